The van der Waals surface area contributed by atoms with Crippen LogP contribution in [0.5, 0.6) is 0 Å². The fraction of sp³-hybridized carbons (Fsp3) is 0.176. The Morgan fingerprint density at radius 3 is 2.24 bits per heavy atom. The molecule has 0 spiro atoms. The number of carbonyl (C=O) groups is 1. The monoisotopic (exact) mass is 279 g/mol. The number of nitrogens with zero attached hydrogens (tertiary/aromatic N) is 2. The second-order valence-corrected chi connectivity index (χ2v) is 4.73. The zero-order valence-corrected chi connectivity index (χ0v) is 11.6. The van der Waals surface area contributed by atoms with Crippen molar-refractivity contribution in [1.29, 1.82) is 5.26 Å². The lowest BCUT2D eigenvalue weighted by atomic mass is 10.1. The van der Waals surface area contributed by atoms with E-state index in [2.05, 4.69) is 0 Å². The van der Waals surface area contributed by atoms with Crippen LogP contribution < -0.4 is 5.73 Å². The highest BCUT2D eigenvalue weighted by Gasteiger charge is 2.22. The highest BCUT2D eigenvalue weighted by Crippen LogP contribution is 2.14. The molecular formula is C17H17N3O. The van der Waals surface area contributed by atoms with E-state index in [0.717, 1.165) is 11.1 Å². The number of amides is 1. The Bertz CT molecular complexity index is 619. The summed E-state index contributed by atoms with van der Waals surface area (Å²) in [6, 6.07) is 20.0. The van der Waals surface area contributed by atoms with Crippen molar-refractivity contribution in [3.05, 3.63) is 71.8 Å². The van der Waals surface area contributed by atoms with E-state index in [1.54, 1.807) is 0 Å². The highest BCUT2D eigenvalue weighted by molar-refractivity contribution is 5.83. The van der Waals surface area contributed by atoms with Crippen LogP contribution >= 0.6 is 0 Å². The number of benzene rings is 2. The van der Waals surface area contributed by atoms with Gasteiger partial charge in [-0.1, -0.05) is 60.7 Å². The van der Waals surface area contributed by atoms with Crippen LogP contribution in [0.1, 0.15) is 17.2 Å². The van der Waals surface area contributed by atoms with Crippen molar-refractivity contribution in [3.8, 4) is 6.07 Å². The topological polar surface area (TPSA) is 70.1 Å². The van der Waals surface area contributed by atoms with E-state index in [4.69, 9.17) is 11.0 Å². The van der Waals surface area contributed by atoms with E-state index in [1.165, 1.54) is 4.90 Å². The summed E-state index contributed by atoms with van der Waals surface area (Å²) < 4.78 is 0. The number of nitriles is 1. The minimum atomic E-state index is -0.747. The first kappa shape index (κ1) is 14.8. The number of hydrogen-bond donors (Lipinski definition) is 1. The first-order chi connectivity index (χ1) is 10.2. The Balaban J connectivity index is 2.14. The molecule has 0 saturated carbocycles. The van der Waals surface area contributed by atoms with Crippen LogP contribution in [0.3, 0.4) is 0 Å². The molecule has 0 aromatic heterocycles. The summed E-state index contributed by atoms with van der Waals surface area (Å²) in [6.45, 7) is 0.405. The van der Waals surface area contributed by atoms with Gasteiger partial charge in [-0.15, -0.1) is 0 Å². The molecule has 4 heteroatoms. The molecule has 1 amide bonds. The summed E-state index contributed by atoms with van der Waals surface area (Å²) in [7, 11) is 0. The van der Waals surface area contributed by atoms with E-state index < -0.39 is 6.04 Å². The zero-order valence-electron chi connectivity index (χ0n) is 11.6. The second-order valence-electron chi connectivity index (χ2n) is 4.73. The van der Waals surface area contributed by atoms with Gasteiger partial charge in [-0.2, -0.15) is 5.26 Å². The third-order valence-corrected chi connectivity index (χ3v) is 3.21. The Hall–Kier alpha value is -2.64. The first-order valence-electron chi connectivity index (χ1n) is 6.72. The van der Waals surface area contributed by atoms with E-state index in [9.17, 15) is 4.79 Å². The Morgan fingerprint density at radius 1 is 1.10 bits per heavy atom. The van der Waals surface area contributed by atoms with Gasteiger partial charge >= 0.3 is 0 Å². The first-order valence-corrected chi connectivity index (χ1v) is 6.72. The summed E-state index contributed by atoms with van der Waals surface area (Å²) in [6.07, 6.45) is 0. The van der Waals surface area contributed by atoms with Gasteiger partial charge in [0.2, 0.25) is 5.91 Å². The number of rotatable bonds is 5. The Kier molecular flexibility index (Phi) is 5.08. The van der Waals surface area contributed by atoms with Crippen LogP contribution in [-0.4, -0.2) is 17.4 Å². The van der Waals surface area contributed by atoms with Gasteiger partial charge < -0.3 is 10.6 Å². The van der Waals surface area contributed by atoms with E-state index >= 15 is 0 Å². The van der Waals surface area contributed by atoms with Gasteiger partial charge in [0.25, 0.3) is 0 Å². The molecule has 0 saturated heterocycles. The van der Waals surface area contributed by atoms with E-state index in [0.29, 0.717) is 6.54 Å². The Labute approximate surface area is 124 Å². The highest BCUT2D eigenvalue weighted by atomic mass is 16.2. The maximum atomic E-state index is 12.5. The molecule has 0 heterocycles. The fourth-order valence-electron chi connectivity index (χ4n) is 2.10. The molecule has 0 radical (unpaired) electrons. The van der Waals surface area contributed by atoms with Crippen molar-refractivity contribution < 1.29 is 4.79 Å². The summed E-state index contributed by atoms with van der Waals surface area (Å²) in [5.41, 5.74) is 7.74. The maximum Gasteiger partial charge on any atom is 0.245 e. The van der Waals surface area contributed by atoms with Crippen LogP contribution in [0.15, 0.2) is 60.7 Å². The van der Waals surface area contributed by atoms with Crippen LogP contribution in [0.2, 0.25) is 0 Å². The smallest absolute Gasteiger partial charge is 0.245 e. The van der Waals surface area contributed by atoms with Crippen molar-refractivity contribution in [2.75, 3.05) is 6.54 Å². The molecule has 0 aliphatic heterocycles. The maximum absolute atomic E-state index is 12.5. The fourth-order valence-corrected chi connectivity index (χ4v) is 2.10. The van der Waals surface area contributed by atoms with Crippen LogP contribution in [0.4, 0.5) is 0 Å². The minimum absolute atomic E-state index is 0.0221. The average Bonchev–Trinajstić information content (AvgIpc) is 2.55. The zero-order chi connectivity index (χ0) is 15.1. The quantitative estimate of drug-likeness (QED) is 0.853. The number of carbonyl (C=O) groups excluding carboxylic acids is 1. The molecule has 0 bridgehead atoms. The van der Waals surface area contributed by atoms with Gasteiger partial charge in [-0.3, -0.25) is 4.79 Å². The number of nitrogens with two attached hydrogens (primary N) is 1. The standard InChI is InChI=1S/C17H17N3O/c18-11-12-20(13-14-7-3-1-4-8-14)17(21)16(19)15-9-5-2-6-10-15/h1-10,16H,12-13,19H2/t16-/m0/s1. The lowest BCUT2D eigenvalue weighted by Crippen LogP contribution is -2.38. The normalized spacial score (nSPS) is 11.4. The second kappa shape index (κ2) is 7.22. The lowest BCUT2D eigenvalue weighted by molar-refractivity contribution is -0.132. The van der Waals surface area contributed by atoms with Crippen molar-refractivity contribution in [3.63, 3.8) is 0 Å². The van der Waals surface area contributed by atoms with Gasteiger partial charge in [0.15, 0.2) is 0 Å². The van der Waals surface area contributed by atoms with E-state index in [-0.39, 0.29) is 12.5 Å². The summed E-state index contributed by atoms with van der Waals surface area (Å²) in [4.78, 5) is 14.0. The predicted octanol–water partition coefficient (Wildman–Crippen LogP) is 2.24. The largest absolute Gasteiger partial charge is 0.323 e. The molecule has 2 aromatic carbocycles. The summed E-state index contributed by atoms with van der Waals surface area (Å²) in [5.74, 6) is -0.244. The van der Waals surface area contributed by atoms with Gasteiger partial charge in [-0.05, 0) is 11.1 Å². The third-order valence-electron chi connectivity index (χ3n) is 3.21. The van der Waals surface area contributed by atoms with Crippen LogP contribution in [0.25, 0.3) is 0 Å². The van der Waals surface area contributed by atoms with Gasteiger partial charge in [0, 0.05) is 6.54 Å². The SMILES string of the molecule is N#CCN(Cc1ccccc1)C(=O)[C@@H](N)c1ccccc1. The molecule has 0 fully saturated rings. The molecule has 4 nitrogen and oxygen atoms in total. The molecule has 1 atom stereocenters. The van der Waals surface area contributed by atoms with Crippen LogP contribution in [0, 0.1) is 11.3 Å². The van der Waals surface area contributed by atoms with Crippen molar-refractivity contribution in [1.82, 2.24) is 4.90 Å². The molecule has 0 aliphatic rings. The molecule has 106 valence electrons. The molecule has 21 heavy (non-hydrogen) atoms. The van der Waals surface area contributed by atoms with Crippen molar-refractivity contribution in [2.24, 2.45) is 5.73 Å². The third kappa shape index (κ3) is 3.91. The average molecular weight is 279 g/mol. The molecule has 0 aliphatic carbocycles. The number of hydrogen-bond acceptors (Lipinski definition) is 3. The van der Waals surface area contributed by atoms with Crippen molar-refractivity contribution >= 4 is 5.91 Å². The molecule has 2 rings (SSSR count). The molecule has 0 unspecified atom stereocenters. The molecule has 2 N–H and O–H groups in total. The van der Waals surface area contributed by atoms with Crippen LogP contribution in [-0.2, 0) is 11.3 Å². The molecular weight excluding hydrogens is 262 g/mol. The minimum Gasteiger partial charge on any atom is -0.323 e. The van der Waals surface area contributed by atoms with Crippen molar-refractivity contribution in [2.45, 2.75) is 12.6 Å². The van der Waals surface area contributed by atoms with Gasteiger partial charge in [0.05, 0.1) is 6.07 Å². The molecule has 2 aromatic rings. The van der Waals surface area contributed by atoms with E-state index in [1.807, 2.05) is 66.7 Å². The van der Waals surface area contributed by atoms with Gasteiger partial charge in [0.1, 0.15) is 12.6 Å². The van der Waals surface area contributed by atoms with Gasteiger partial charge in [-0.25, -0.2) is 0 Å². The lowest BCUT2D eigenvalue weighted by Gasteiger charge is -2.23. The predicted molar refractivity (Wildman–Crippen MR) is 80.8 cm³/mol. The summed E-state index contributed by atoms with van der Waals surface area (Å²) >= 11 is 0. The Morgan fingerprint density at radius 2 is 1.67 bits per heavy atom. The summed E-state index contributed by atoms with van der Waals surface area (Å²) in [5, 5.41) is 8.93.